The average molecular weight is 165 g/mol. The van der Waals surface area contributed by atoms with Gasteiger partial charge in [-0.3, -0.25) is 0 Å². The lowest BCUT2D eigenvalue weighted by atomic mass is 10.6. The summed E-state index contributed by atoms with van der Waals surface area (Å²) in [4.78, 5) is 3.52. The number of thioether (sulfide) groups is 1. The zero-order valence-electron chi connectivity index (χ0n) is 4.47. The summed E-state index contributed by atoms with van der Waals surface area (Å²) < 4.78 is 0. The number of hydrogen-bond donors (Lipinski definition) is 2. The third kappa shape index (κ3) is 1.53. The standard InChI is InChI=1S/C4H5ClN2OS/c5-2-1-9-4(6)7-3(2)8/h8H,1H2,(H2,6,7). The lowest BCUT2D eigenvalue weighted by Crippen LogP contribution is -2.11. The van der Waals surface area contributed by atoms with Gasteiger partial charge < -0.3 is 10.8 Å². The molecule has 1 aliphatic heterocycles. The summed E-state index contributed by atoms with van der Waals surface area (Å²) in [5, 5.41) is 9.53. The zero-order chi connectivity index (χ0) is 6.85. The molecule has 0 amide bonds. The maximum atomic E-state index is 8.81. The van der Waals surface area contributed by atoms with Gasteiger partial charge in [0, 0.05) is 5.75 Å². The molecule has 50 valence electrons. The smallest absolute Gasteiger partial charge is 0.229 e. The predicted molar refractivity (Wildman–Crippen MR) is 39.6 cm³/mol. The van der Waals surface area contributed by atoms with Gasteiger partial charge in [-0.1, -0.05) is 23.4 Å². The summed E-state index contributed by atoms with van der Waals surface area (Å²) in [5.41, 5.74) is 5.25. The maximum Gasteiger partial charge on any atom is 0.229 e. The van der Waals surface area contributed by atoms with Gasteiger partial charge in [0.25, 0.3) is 0 Å². The monoisotopic (exact) mass is 164 g/mol. The highest BCUT2D eigenvalue weighted by Gasteiger charge is 2.09. The Hall–Kier alpha value is -0.350. The Kier molecular flexibility index (Phi) is 1.87. The highest BCUT2D eigenvalue weighted by atomic mass is 35.5. The Balaban J connectivity index is 2.83. The molecular formula is C4H5ClN2OS. The van der Waals surface area contributed by atoms with Crippen LogP contribution in [0.3, 0.4) is 0 Å². The van der Waals surface area contributed by atoms with Crippen molar-refractivity contribution in [3.8, 4) is 0 Å². The van der Waals surface area contributed by atoms with Gasteiger partial charge >= 0.3 is 0 Å². The molecule has 0 spiro atoms. The molecule has 0 unspecified atom stereocenters. The van der Waals surface area contributed by atoms with E-state index in [2.05, 4.69) is 4.99 Å². The summed E-state index contributed by atoms with van der Waals surface area (Å²) in [6.07, 6.45) is 0. The van der Waals surface area contributed by atoms with Gasteiger partial charge in [0.15, 0.2) is 5.17 Å². The van der Waals surface area contributed by atoms with E-state index in [1.807, 2.05) is 0 Å². The molecule has 3 N–H and O–H groups in total. The van der Waals surface area contributed by atoms with Crippen molar-refractivity contribution >= 4 is 28.5 Å². The van der Waals surface area contributed by atoms with E-state index in [4.69, 9.17) is 22.4 Å². The van der Waals surface area contributed by atoms with Crippen LogP contribution >= 0.6 is 23.4 Å². The first-order chi connectivity index (χ1) is 4.20. The molecule has 9 heavy (non-hydrogen) atoms. The van der Waals surface area contributed by atoms with Crippen molar-refractivity contribution in [1.82, 2.24) is 0 Å². The number of amidine groups is 1. The first-order valence-electron chi connectivity index (χ1n) is 2.24. The zero-order valence-corrected chi connectivity index (χ0v) is 6.04. The van der Waals surface area contributed by atoms with Crippen molar-refractivity contribution in [2.75, 3.05) is 5.75 Å². The quantitative estimate of drug-likeness (QED) is 0.562. The molecule has 0 saturated heterocycles. The third-order valence-electron chi connectivity index (χ3n) is 0.805. The van der Waals surface area contributed by atoms with Crippen molar-refractivity contribution in [2.24, 2.45) is 10.7 Å². The molecule has 5 heteroatoms. The molecule has 1 aliphatic rings. The predicted octanol–water partition coefficient (Wildman–Crippen LogP) is 1.01. The number of aliphatic hydroxyl groups is 1. The number of rotatable bonds is 0. The first kappa shape index (κ1) is 6.77. The number of aliphatic imine (C=N–C) groups is 1. The molecule has 0 aromatic carbocycles. The summed E-state index contributed by atoms with van der Waals surface area (Å²) in [5.74, 6) is 0.357. The maximum absolute atomic E-state index is 8.81. The van der Waals surface area contributed by atoms with Crippen LogP contribution in [-0.2, 0) is 0 Å². The SMILES string of the molecule is NC1=NC(O)=C(Cl)CS1. The fourth-order valence-corrected chi connectivity index (χ4v) is 1.16. The minimum atomic E-state index is -0.159. The number of nitrogens with zero attached hydrogens (tertiary/aromatic N) is 1. The average Bonchev–Trinajstić information content (AvgIpc) is 1.80. The third-order valence-corrected chi connectivity index (χ3v) is 2.09. The fourth-order valence-electron chi connectivity index (χ4n) is 0.399. The van der Waals surface area contributed by atoms with Crippen LogP contribution in [0.5, 0.6) is 0 Å². The van der Waals surface area contributed by atoms with Gasteiger partial charge in [0.1, 0.15) is 0 Å². The molecule has 1 heterocycles. The van der Waals surface area contributed by atoms with E-state index < -0.39 is 0 Å². The molecule has 3 nitrogen and oxygen atoms in total. The Labute approximate surface area is 61.6 Å². The van der Waals surface area contributed by atoms with Crippen LogP contribution in [0.4, 0.5) is 0 Å². The van der Waals surface area contributed by atoms with Crippen LogP contribution in [0.2, 0.25) is 0 Å². The van der Waals surface area contributed by atoms with Crippen molar-refractivity contribution in [3.05, 3.63) is 10.9 Å². The summed E-state index contributed by atoms with van der Waals surface area (Å²) in [7, 11) is 0. The molecule has 0 aromatic rings. The van der Waals surface area contributed by atoms with Gasteiger partial charge in [-0.2, -0.15) is 4.99 Å². The van der Waals surface area contributed by atoms with Crippen molar-refractivity contribution in [3.63, 3.8) is 0 Å². The normalized spacial score (nSPS) is 19.9. The molecule has 0 saturated carbocycles. The van der Waals surface area contributed by atoms with Crippen LogP contribution in [-0.4, -0.2) is 16.0 Å². The highest BCUT2D eigenvalue weighted by Crippen LogP contribution is 2.20. The van der Waals surface area contributed by atoms with E-state index in [0.29, 0.717) is 16.0 Å². The topological polar surface area (TPSA) is 58.6 Å². The second-order valence-electron chi connectivity index (χ2n) is 1.47. The van der Waals surface area contributed by atoms with E-state index in [-0.39, 0.29) is 5.88 Å². The van der Waals surface area contributed by atoms with Gasteiger partial charge in [0.2, 0.25) is 5.88 Å². The molecule has 1 rings (SSSR count). The summed E-state index contributed by atoms with van der Waals surface area (Å²) in [6.45, 7) is 0. The van der Waals surface area contributed by atoms with E-state index in [1.165, 1.54) is 11.8 Å². The Morgan fingerprint density at radius 3 is 2.89 bits per heavy atom. The summed E-state index contributed by atoms with van der Waals surface area (Å²) >= 11 is 6.79. The minimum absolute atomic E-state index is 0.159. The second-order valence-corrected chi connectivity index (χ2v) is 2.92. The Morgan fingerprint density at radius 1 is 1.78 bits per heavy atom. The molecule has 0 atom stereocenters. The van der Waals surface area contributed by atoms with Crippen molar-refractivity contribution in [1.29, 1.82) is 0 Å². The second kappa shape index (κ2) is 2.49. The number of halogens is 1. The molecule has 0 aromatic heterocycles. The molecular weight excluding hydrogens is 160 g/mol. The molecule has 0 fully saturated rings. The van der Waals surface area contributed by atoms with Crippen LogP contribution in [0.15, 0.2) is 15.9 Å². The van der Waals surface area contributed by atoms with Gasteiger partial charge in [-0.25, -0.2) is 0 Å². The van der Waals surface area contributed by atoms with Crippen LogP contribution in [0.1, 0.15) is 0 Å². The highest BCUT2D eigenvalue weighted by molar-refractivity contribution is 8.14. The van der Waals surface area contributed by atoms with Gasteiger partial charge in [0.05, 0.1) is 5.03 Å². The van der Waals surface area contributed by atoms with Crippen LogP contribution in [0.25, 0.3) is 0 Å². The molecule has 0 radical (unpaired) electrons. The van der Waals surface area contributed by atoms with E-state index in [9.17, 15) is 0 Å². The van der Waals surface area contributed by atoms with E-state index >= 15 is 0 Å². The van der Waals surface area contributed by atoms with E-state index in [0.717, 1.165) is 0 Å². The largest absolute Gasteiger partial charge is 0.492 e. The fraction of sp³-hybridized carbons (Fsp3) is 0.250. The summed E-state index contributed by atoms with van der Waals surface area (Å²) in [6, 6.07) is 0. The first-order valence-corrected chi connectivity index (χ1v) is 3.61. The number of hydrogen-bond acceptors (Lipinski definition) is 4. The van der Waals surface area contributed by atoms with Gasteiger partial charge in [-0.15, -0.1) is 0 Å². The van der Waals surface area contributed by atoms with Gasteiger partial charge in [-0.05, 0) is 0 Å². The van der Waals surface area contributed by atoms with E-state index in [1.54, 1.807) is 0 Å². The van der Waals surface area contributed by atoms with Crippen molar-refractivity contribution < 1.29 is 5.11 Å². The van der Waals surface area contributed by atoms with Crippen LogP contribution < -0.4 is 5.73 Å². The minimum Gasteiger partial charge on any atom is -0.492 e. The van der Waals surface area contributed by atoms with Crippen molar-refractivity contribution in [2.45, 2.75) is 0 Å². The van der Waals surface area contributed by atoms with Crippen LogP contribution in [0, 0.1) is 0 Å². The number of aliphatic hydroxyl groups excluding tert-OH is 1. The number of nitrogens with two attached hydrogens (primary N) is 1. The Bertz CT molecular complexity index is 189. The Morgan fingerprint density at radius 2 is 2.44 bits per heavy atom. The molecule has 0 aliphatic carbocycles. The lowest BCUT2D eigenvalue weighted by Gasteiger charge is -2.05. The lowest BCUT2D eigenvalue weighted by molar-refractivity contribution is 0.404. The molecule has 0 bridgehead atoms.